The molecule has 8 nitrogen and oxygen atoms in total. The summed E-state index contributed by atoms with van der Waals surface area (Å²) in [6.07, 6.45) is -4.95. The molecular formula is C20H20F3N3O5. The van der Waals surface area contributed by atoms with E-state index in [0.717, 1.165) is 6.07 Å². The van der Waals surface area contributed by atoms with Crippen molar-refractivity contribution in [1.29, 1.82) is 0 Å². The fourth-order valence-corrected chi connectivity index (χ4v) is 2.73. The molecule has 0 atom stereocenters. The van der Waals surface area contributed by atoms with Crippen LogP contribution in [0.15, 0.2) is 42.5 Å². The van der Waals surface area contributed by atoms with Crippen molar-refractivity contribution in [2.45, 2.75) is 20.0 Å². The number of carbonyl (C=O) groups is 2. The molecule has 2 amide bonds. The lowest BCUT2D eigenvalue weighted by Crippen LogP contribution is -2.30. The molecule has 0 fully saturated rings. The molecule has 0 radical (unpaired) electrons. The number of alkyl halides is 3. The number of carbonyl (C=O) groups excluding carboxylic acids is 2. The van der Waals surface area contributed by atoms with Crippen LogP contribution in [0.5, 0.6) is 5.75 Å². The first-order valence-electron chi connectivity index (χ1n) is 9.24. The quantitative estimate of drug-likeness (QED) is 0.493. The van der Waals surface area contributed by atoms with Crippen molar-refractivity contribution >= 4 is 23.2 Å². The van der Waals surface area contributed by atoms with Crippen molar-refractivity contribution in [3.63, 3.8) is 0 Å². The molecule has 0 aliphatic heterocycles. The average molecular weight is 439 g/mol. The van der Waals surface area contributed by atoms with E-state index in [0.29, 0.717) is 30.8 Å². The molecule has 0 aromatic heterocycles. The van der Waals surface area contributed by atoms with Crippen molar-refractivity contribution in [1.82, 2.24) is 4.90 Å². The number of nitrogens with zero attached hydrogens (tertiary/aromatic N) is 2. The van der Waals surface area contributed by atoms with Gasteiger partial charge in [-0.25, -0.2) is 0 Å². The Morgan fingerprint density at radius 2 is 1.71 bits per heavy atom. The highest BCUT2D eigenvalue weighted by Crippen LogP contribution is 2.37. The molecule has 0 spiro atoms. The van der Waals surface area contributed by atoms with Gasteiger partial charge in [0.1, 0.15) is 11.3 Å². The van der Waals surface area contributed by atoms with E-state index < -0.39 is 34.9 Å². The van der Waals surface area contributed by atoms with Crippen molar-refractivity contribution in [2.75, 3.05) is 25.0 Å². The van der Waals surface area contributed by atoms with Gasteiger partial charge in [0.15, 0.2) is 6.61 Å². The monoisotopic (exact) mass is 439 g/mol. The first-order chi connectivity index (χ1) is 14.6. The maximum atomic E-state index is 13.0. The molecular weight excluding hydrogens is 419 g/mol. The predicted octanol–water partition coefficient (Wildman–Crippen LogP) is 4.11. The first-order valence-corrected chi connectivity index (χ1v) is 9.24. The summed E-state index contributed by atoms with van der Waals surface area (Å²) in [6.45, 7) is 4.33. The van der Waals surface area contributed by atoms with Gasteiger partial charge in [-0.3, -0.25) is 19.7 Å². The van der Waals surface area contributed by atoms with E-state index >= 15 is 0 Å². The second-order valence-electron chi connectivity index (χ2n) is 6.33. The molecule has 1 N–H and O–H groups in total. The molecule has 166 valence electrons. The lowest BCUT2D eigenvalue weighted by molar-refractivity contribution is -0.388. The number of nitrogens with one attached hydrogen (secondary N) is 1. The van der Waals surface area contributed by atoms with E-state index in [9.17, 15) is 32.9 Å². The Balaban J connectivity index is 2.01. The number of hydrogen-bond donors (Lipinski definition) is 1. The zero-order valence-electron chi connectivity index (χ0n) is 16.7. The second kappa shape index (κ2) is 9.92. The van der Waals surface area contributed by atoms with Crippen LogP contribution < -0.4 is 10.1 Å². The third-order valence-corrected chi connectivity index (χ3v) is 4.30. The van der Waals surface area contributed by atoms with Crippen LogP contribution in [-0.4, -0.2) is 41.3 Å². The van der Waals surface area contributed by atoms with Crippen LogP contribution in [0, 0.1) is 10.1 Å². The lowest BCUT2D eigenvalue weighted by atomic mass is 10.1. The molecule has 0 bridgehead atoms. The van der Waals surface area contributed by atoms with Crippen molar-refractivity contribution in [2.24, 2.45) is 0 Å². The Kier molecular flexibility index (Phi) is 7.56. The smallest absolute Gasteiger partial charge is 0.423 e. The number of hydrogen-bond acceptors (Lipinski definition) is 5. The zero-order valence-corrected chi connectivity index (χ0v) is 16.7. The molecule has 2 rings (SSSR count). The van der Waals surface area contributed by atoms with Crippen LogP contribution in [0.4, 0.5) is 24.5 Å². The van der Waals surface area contributed by atoms with Crippen molar-refractivity contribution < 1.29 is 32.4 Å². The first kappa shape index (κ1) is 23.6. The third kappa shape index (κ3) is 6.17. The Bertz CT molecular complexity index is 958. The van der Waals surface area contributed by atoms with Gasteiger partial charge < -0.3 is 15.0 Å². The molecule has 0 aliphatic carbocycles. The van der Waals surface area contributed by atoms with Crippen LogP contribution in [0.25, 0.3) is 0 Å². The fraction of sp³-hybridized carbons (Fsp3) is 0.300. The molecule has 2 aromatic carbocycles. The van der Waals surface area contributed by atoms with E-state index in [1.54, 1.807) is 17.0 Å². The predicted molar refractivity (Wildman–Crippen MR) is 106 cm³/mol. The van der Waals surface area contributed by atoms with E-state index in [4.69, 9.17) is 4.74 Å². The minimum Gasteiger partial charge on any atom is -0.484 e. The minimum atomic E-state index is -4.95. The molecule has 2 aromatic rings. The Hall–Kier alpha value is -3.63. The largest absolute Gasteiger partial charge is 0.484 e. The maximum absolute atomic E-state index is 13.0. The summed E-state index contributed by atoms with van der Waals surface area (Å²) in [7, 11) is 0. The van der Waals surface area contributed by atoms with E-state index in [1.165, 1.54) is 12.1 Å². The number of benzene rings is 2. The number of anilines is 1. The number of halogens is 3. The summed E-state index contributed by atoms with van der Waals surface area (Å²) in [6, 6.07) is 8.24. The van der Waals surface area contributed by atoms with Gasteiger partial charge in [0.2, 0.25) is 0 Å². The number of nitro groups is 1. The number of nitro benzene ring substituents is 1. The Morgan fingerprint density at radius 3 is 2.23 bits per heavy atom. The summed E-state index contributed by atoms with van der Waals surface area (Å²) in [5.74, 6) is -0.621. The van der Waals surface area contributed by atoms with Crippen molar-refractivity contribution in [3.8, 4) is 5.75 Å². The van der Waals surface area contributed by atoms with Gasteiger partial charge in [-0.15, -0.1) is 0 Å². The summed E-state index contributed by atoms with van der Waals surface area (Å²) in [5, 5.41) is 13.0. The molecule has 0 aliphatic rings. The van der Waals surface area contributed by atoms with Crippen molar-refractivity contribution in [3.05, 3.63) is 63.7 Å². The minimum absolute atomic E-state index is 0.145. The van der Waals surface area contributed by atoms with Crippen LogP contribution in [0.1, 0.15) is 29.8 Å². The number of rotatable bonds is 8. The molecule has 0 heterocycles. The SMILES string of the molecule is CCN(CC)C(=O)c1ccc(OCC(=O)Nc2ccc([N+](=O)[O-])c(C(F)(F)F)c2)cc1. The average Bonchev–Trinajstić information content (AvgIpc) is 2.72. The number of ether oxygens (including phenoxy) is 1. The molecule has 11 heteroatoms. The van der Waals surface area contributed by atoms with E-state index in [1.807, 2.05) is 13.8 Å². The molecule has 31 heavy (non-hydrogen) atoms. The summed E-state index contributed by atoms with van der Waals surface area (Å²) < 4.78 is 44.3. The van der Waals surface area contributed by atoms with Gasteiger partial charge in [-0.05, 0) is 50.2 Å². The maximum Gasteiger partial charge on any atom is 0.423 e. The highest BCUT2D eigenvalue weighted by Gasteiger charge is 2.38. The van der Waals surface area contributed by atoms with Gasteiger partial charge in [-0.1, -0.05) is 0 Å². The topological polar surface area (TPSA) is 102 Å². The molecule has 0 saturated heterocycles. The normalized spacial score (nSPS) is 11.0. The van der Waals surface area contributed by atoms with Gasteiger partial charge in [0.05, 0.1) is 4.92 Å². The number of amides is 2. The molecule has 0 saturated carbocycles. The van der Waals surface area contributed by atoms with Gasteiger partial charge in [0, 0.05) is 30.4 Å². The molecule has 0 unspecified atom stereocenters. The van der Waals surface area contributed by atoms with E-state index in [2.05, 4.69) is 5.32 Å². The second-order valence-corrected chi connectivity index (χ2v) is 6.33. The summed E-state index contributed by atoms with van der Waals surface area (Å²) in [5.41, 5.74) is -2.39. The third-order valence-electron chi connectivity index (χ3n) is 4.30. The Morgan fingerprint density at radius 1 is 1.10 bits per heavy atom. The summed E-state index contributed by atoms with van der Waals surface area (Å²) >= 11 is 0. The lowest BCUT2D eigenvalue weighted by Gasteiger charge is -2.18. The Labute approximate surface area is 175 Å². The van der Waals surface area contributed by atoms with Crippen LogP contribution in [0.2, 0.25) is 0 Å². The van der Waals surface area contributed by atoms with Gasteiger partial charge in [0.25, 0.3) is 17.5 Å². The highest BCUT2D eigenvalue weighted by atomic mass is 19.4. The standard InChI is InChI=1S/C20H20F3N3O5/c1-3-25(4-2)19(28)13-5-8-15(9-6-13)31-12-18(27)24-14-7-10-17(26(29)30)16(11-14)20(21,22)23/h5-11H,3-4,12H2,1-2H3,(H,24,27). The van der Waals surface area contributed by atoms with Crippen LogP contribution >= 0.6 is 0 Å². The zero-order chi connectivity index (χ0) is 23.2. The van der Waals surface area contributed by atoms with Crippen LogP contribution in [0.3, 0.4) is 0 Å². The van der Waals surface area contributed by atoms with E-state index in [-0.39, 0.29) is 17.3 Å². The van der Waals surface area contributed by atoms with Gasteiger partial charge >= 0.3 is 6.18 Å². The highest BCUT2D eigenvalue weighted by molar-refractivity contribution is 5.94. The fourth-order valence-electron chi connectivity index (χ4n) is 2.73. The van der Waals surface area contributed by atoms with Gasteiger partial charge in [-0.2, -0.15) is 13.2 Å². The van der Waals surface area contributed by atoms with Crippen LogP contribution in [-0.2, 0) is 11.0 Å². The summed E-state index contributed by atoms with van der Waals surface area (Å²) in [4.78, 5) is 35.5.